The highest BCUT2D eigenvalue weighted by Gasteiger charge is 2.53. The van der Waals surface area contributed by atoms with Gasteiger partial charge >= 0.3 is 12.1 Å². The van der Waals surface area contributed by atoms with E-state index in [0.29, 0.717) is 18.4 Å². The van der Waals surface area contributed by atoms with Crippen LogP contribution in [0.2, 0.25) is 0 Å². The first-order valence-electron chi connectivity index (χ1n) is 18.9. The van der Waals surface area contributed by atoms with Crippen LogP contribution in [0.4, 0.5) is 4.79 Å². The summed E-state index contributed by atoms with van der Waals surface area (Å²) in [6.07, 6.45) is 1.14. The van der Waals surface area contributed by atoms with E-state index in [1.807, 2.05) is 34.6 Å². The van der Waals surface area contributed by atoms with E-state index in [4.69, 9.17) is 9.47 Å². The number of likely N-dealkylation sites (tertiary alicyclic amines) is 1. The monoisotopic (exact) mass is 805 g/mol. The summed E-state index contributed by atoms with van der Waals surface area (Å²) in [5.74, 6) is -2.69. The molecule has 0 aromatic heterocycles. The number of thioether (sulfide) groups is 2. The second-order valence-electron chi connectivity index (χ2n) is 16.4. The fraction of sp³-hybridized carbons (Fsp3) is 0.667. The number of hydrogen-bond donors (Lipinski definition) is 4. The first-order chi connectivity index (χ1) is 25.7. The molecule has 2 unspecified atom stereocenters. The summed E-state index contributed by atoms with van der Waals surface area (Å²) >= 11 is 3.39. The van der Waals surface area contributed by atoms with Gasteiger partial charge in [0.25, 0.3) is 5.91 Å². The van der Waals surface area contributed by atoms with E-state index in [1.54, 1.807) is 81.6 Å². The van der Waals surface area contributed by atoms with Crippen LogP contribution in [-0.4, -0.2) is 105 Å². The predicted molar refractivity (Wildman–Crippen MR) is 213 cm³/mol. The smallest absolute Gasteiger partial charge is 0.407 e. The molecule has 1 aromatic carbocycles. The van der Waals surface area contributed by atoms with Crippen molar-refractivity contribution in [1.82, 2.24) is 26.2 Å². The summed E-state index contributed by atoms with van der Waals surface area (Å²) in [5.41, 5.74) is -1.09. The minimum absolute atomic E-state index is 0.0931. The van der Waals surface area contributed by atoms with Crippen molar-refractivity contribution in [3.8, 4) is 0 Å². The summed E-state index contributed by atoms with van der Waals surface area (Å²) in [4.78, 5) is 95.4. The van der Waals surface area contributed by atoms with Crippen LogP contribution in [0.15, 0.2) is 30.3 Å². The SMILES string of the molecule is CCCC(NC(=O)[C@@H]1CC2(CN1C(=O)[C@@H](NC(=O)OCC(C)C)C(C)(C)C)SCCCS2)C(=O)C(=O)NCC(=O)NC(C(=O)OC(C)(C)C)c1ccccc1. The van der Waals surface area contributed by atoms with E-state index in [1.165, 1.54) is 4.90 Å². The Balaban J connectivity index is 1.75. The van der Waals surface area contributed by atoms with E-state index in [-0.39, 0.29) is 25.5 Å². The molecule has 2 saturated heterocycles. The number of nitrogens with zero attached hydrogens (tertiary/aromatic N) is 1. The van der Waals surface area contributed by atoms with E-state index < -0.39 is 87.3 Å². The molecule has 2 aliphatic rings. The number of carbonyl (C=O) groups excluding carboxylic acids is 7. The Kier molecular flexibility index (Phi) is 16.5. The normalized spacial score (nSPS) is 18.4. The molecule has 4 N–H and O–H groups in total. The molecule has 1 spiro atoms. The van der Waals surface area contributed by atoms with E-state index in [9.17, 15) is 33.6 Å². The number of rotatable bonds is 15. The molecule has 16 heteroatoms. The van der Waals surface area contributed by atoms with Crippen molar-refractivity contribution >= 4 is 65.0 Å². The molecule has 2 fully saturated rings. The van der Waals surface area contributed by atoms with Crippen molar-refractivity contribution in [3.63, 3.8) is 0 Å². The molecule has 5 amide bonds. The zero-order chi connectivity index (χ0) is 41.1. The Morgan fingerprint density at radius 1 is 0.927 bits per heavy atom. The molecule has 0 saturated carbocycles. The van der Waals surface area contributed by atoms with Crippen molar-refractivity contribution in [3.05, 3.63) is 35.9 Å². The van der Waals surface area contributed by atoms with Crippen LogP contribution >= 0.6 is 23.5 Å². The maximum absolute atomic E-state index is 14.3. The summed E-state index contributed by atoms with van der Waals surface area (Å²) in [7, 11) is 0. The first-order valence-corrected chi connectivity index (χ1v) is 20.8. The van der Waals surface area contributed by atoms with Crippen molar-refractivity contribution in [2.75, 3.05) is 31.2 Å². The van der Waals surface area contributed by atoms with Gasteiger partial charge in [-0.15, -0.1) is 23.5 Å². The van der Waals surface area contributed by atoms with Crippen LogP contribution < -0.4 is 21.3 Å². The van der Waals surface area contributed by atoms with Crippen LogP contribution in [0.3, 0.4) is 0 Å². The number of Topliss-reactive ketones (excluding diaryl/α,β-unsaturated/α-hetero) is 1. The van der Waals surface area contributed by atoms with Gasteiger partial charge in [-0.1, -0.05) is 78.3 Å². The predicted octanol–water partition coefficient (Wildman–Crippen LogP) is 4.12. The number of nitrogens with one attached hydrogen (secondary N) is 4. The van der Waals surface area contributed by atoms with Gasteiger partial charge < -0.3 is 35.6 Å². The number of ketones is 1. The number of amides is 5. The highest BCUT2D eigenvalue weighted by Crippen LogP contribution is 2.50. The number of hydrogen-bond acceptors (Lipinski definition) is 11. The minimum atomic E-state index is -1.23. The van der Waals surface area contributed by atoms with Gasteiger partial charge in [-0.2, -0.15) is 0 Å². The molecule has 2 heterocycles. The lowest BCUT2D eigenvalue weighted by Crippen LogP contribution is -2.59. The van der Waals surface area contributed by atoms with Crippen LogP contribution in [0.5, 0.6) is 0 Å². The van der Waals surface area contributed by atoms with Crippen molar-refractivity contribution < 1.29 is 43.0 Å². The zero-order valence-electron chi connectivity index (χ0n) is 33.6. The molecule has 306 valence electrons. The zero-order valence-corrected chi connectivity index (χ0v) is 35.2. The number of alkyl carbamates (subject to hydrolysis) is 1. The van der Waals surface area contributed by atoms with E-state index in [0.717, 1.165) is 17.9 Å². The standard InChI is InChI=1S/C39H59N5O9S2/c1-10-15-26(30(46)33(48)40-21-28(45)42-29(25-16-12-11-13-17-25)35(50)53-38(7,8)9)41-32(47)27-20-39(54-18-14-19-55-39)23-44(27)34(49)31(37(4,5)6)43-36(51)52-22-24(2)3/h11-13,16-17,24,26-27,29,31H,10,14-15,18-23H2,1-9H3,(H,40,48)(H,41,47)(H,42,45)(H,43,51)/t26?,27-,29?,31+/m0/s1. The van der Waals surface area contributed by atoms with E-state index >= 15 is 0 Å². The molecule has 0 aliphatic carbocycles. The molecule has 14 nitrogen and oxygen atoms in total. The lowest BCUT2D eigenvalue weighted by Gasteiger charge is -2.36. The topological polar surface area (TPSA) is 189 Å². The van der Waals surface area contributed by atoms with Crippen LogP contribution in [0, 0.1) is 11.3 Å². The molecule has 0 bridgehead atoms. The maximum Gasteiger partial charge on any atom is 0.407 e. The summed E-state index contributed by atoms with van der Waals surface area (Å²) < 4.78 is 10.4. The summed E-state index contributed by atoms with van der Waals surface area (Å²) in [6, 6.07) is 4.10. The number of carbonyl (C=O) groups is 7. The second-order valence-corrected chi connectivity index (χ2v) is 19.6. The van der Waals surface area contributed by atoms with Gasteiger partial charge in [-0.3, -0.25) is 24.0 Å². The van der Waals surface area contributed by atoms with E-state index in [2.05, 4.69) is 21.3 Å². The van der Waals surface area contributed by atoms with Gasteiger partial charge in [0, 0.05) is 13.0 Å². The molecule has 4 atom stereocenters. The van der Waals surface area contributed by atoms with Crippen LogP contribution in [0.1, 0.15) is 99.6 Å². The maximum atomic E-state index is 14.3. The molecule has 1 aromatic rings. The summed E-state index contributed by atoms with van der Waals surface area (Å²) in [6.45, 7) is 16.0. The van der Waals surface area contributed by atoms with Crippen LogP contribution in [-0.2, 0) is 38.2 Å². The lowest BCUT2D eigenvalue weighted by molar-refractivity contribution is -0.158. The Morgan fingerprint density at radius 2 is 1.56 bits per heavy atom. The van der Waals surface area contributed by atoms with Crippen molar-refractivity contribution in [1.29, 1.82) is 0 Å². The Labute approximate surface area is 333 Å². The third kappa shape index (κ3) is 13.7. The van der Waals surface area contributed by atoms with Gasteiger partial charge in [-0.05, 0) is 62.0 Å². The Morgan fingerprint density at radius 3 is 2.13 bits per heavy atom. The highest BCUT2D eigenvalue weighted by molar-refractivity contribution is 8.18. The number of ether oxygens (including phenoxy) is 2. The van der Waals surface area contributed by atoms with Crippen molar-refractivity contribution in [2.45, 2.75) is 122 Å². The fourth-order valence-electron chi connectivity index (χ4n) is 6.08. The molecular formula is C39H59N5O9S2. The average molecular weight is 806 g/mol. The van der Waals surface area contributed by atoms with Gasteiger partial charge in [0.2, 0.25) is 23.5 Å². The van der Waals surface area contributed by atoms with Gasteiger partial charge in [-0.25, -0.2) is 9.59 Å². The number of esters is 1. The third-order valence-corrected chi connectivity index (χ3v) is 12.1. The van der Waals surface area contributed by atoms with Crippen molar-refractivity contribution in [2.24, 2.45) is 11.3 Å². The second kappa shape index (κ2) is 19.9. The third-order valence-electron chi connectivity index (χ3n) is 8.74. The van der Waals surface area contributed by atoms with Gasteiger partial charge in [0.1, 0.15) is 17.7 Å². The first kappa shape index (κ1) is 45.6. The minimum Gasteiger partial charge on any atom is -0.458 e. The molecule has 3 rings (SSSR count). The lowest BCUT2D eigenvalue weighted by atomic mass is 9.85. The van der Waals surface area contributed by atoms with Crippen LogP contribution in [0.25, 0.3) is 0 Å². The van der Waals surface area contributed by atoms with Gasteiger partial charge in [0.15, 0.2) is 6.04 Å². The largest absolute Gasteiger partial charge is 0.458 e. The number of benzene rings is 1. The molecular weight excluding hydrogens is 747 g/mol. The van der Waals surface area contributed by atoms with Gasteiger partial charge in [0.05, 0.1) is 23.3 Å². The molecule has 0 radical (unpaired) electrons. The average Bonchev–Trinajstić information content (AvgIpc) is 3.48. The fourth-order valence-corrected chi connectivity index (χ4v) is 9.42. The molecule has 55 heavy (non-hydrogen) atoms. The highest BCUT2D eigenvalue weighted by atomic mass is 32.2. The quantitative estimate of drug-likeness (QED) is 0.148. The molecule has 2 aliphatic heterocycles. The Hall–Kier alpha value is -3.79. The Bertz CT molecular complexity index is 1540. The summed E-state index contributed by atoms with van der Waals surface area (Å²) in [5, 5.41) is 10.4.